The SMILES string of the molecule is Cc1ccc(Cn2cc(C(=O)O)c3ccccc3c2=O)o1. The minimum atomic E-state index is -1.06. The first-order chi connectivity index (χ1) is 10.1. The Bertz CT molecular complexity index is 889. The van der Waals surface area contributed by atoms with Gasteiger partial charge in [-0.25, -0.2) is 4.79 Å². The van der Waals surface area contributed by atoms with Gasteiger partial charge >= 0.3 is 5.97 Å². The Morgan fingerprint density at radius 2 is 1.90 bits per heavy atom. The van der Waals surface area contributed by atoms with Gasteiger partial charge < -0.3 is 14.1 Å². The fourth-order valence-electron chi connectivity index (χ4n) is 2.37. The molecule has 2 heterocycles. The number of pyridine rings is 1. The Labute approximate surface area is 120 Å². The highest BCUT2D eigenvalue weighted by Crippen LogP contribution is 2.16. The summed E-state index contributed by atoms with van der Waals surface area (Å²) in [4.78, 5) is 23.8. The van der Waals surface area contributed by atoms with E-state index in [1.807, 2.05) is 6.92 Å². The highest BCUT2D eigenvalue weighted by atomic mass is 16.4. The average molecular weight is 283 g/mol. The van der Waals surface area contributed by atoms with E-state index in [1.165, 1.54) is 10.8 Å². The normalized spacial score (nSPS) is 10.9. The summed E-state index contributed by atoms with van der Waals surface area (Å²) in [5.74, 6) is 0.300. The topological polar surface area (TPSA) is 72.4 Å². The fourth-order valence-corrected chi connectivity index (χ4v) is 2.37. The van der Waals surface area contributed by atoms with Crippen LogP contribution in [-0.2, 0) is 6.54 Å². The predicted octanol–water partition coefficient (Wildman–Crippen LogP) is 2.65. The maximum atomic E-state index is 12.4. The molecule has 0 aliphatic heterocycles. The molecule has 0 aliphatic rings. The Kier molecular flexibility index (Phi) is 3.10. The number of hydrogen-bond acceptors (Lipinski definition) is 3. The summed E-state index contributed by atoms with van der Waals surface area (Å²) < 4.78 is 6.81. The molecule has 106 valence electrons. The molecule has 1 aromatic carbocycles. The van der Waals surface area contributed by atoms with Gasteiger partial charge in [-0.05, 0) is 25.1 Å². The van der Waals surface area contributed by atoms with Gasteiger partial charge in [0.15, 0.2) is 0 Å². The molecule has 0 unspecified atom stereocenters. The smallest absolute Gasteiger partial charge is 0.337 e. The number of aryl methyl sites for hydroxylation is 1. The van der Waals surface area contributed by atoms with E-state index < -0.39 is 5.97 Å². The number of furan rings is 1. The van der Waals surface area contributed by atoms with Crippen LogP contribution in [0, 0.1) is 6.92 Å². The fraction of sp³-hybridized carbons (Fsp3) is 0.125. The van der Waals surface area contributed by atoms with Crippen LogP contribution in [0.3, 0.4) is 0 Å². The summed E-state index contributed by atoms with van der Waals surface area (Å²) in [5, 5.41) is 10.2. The van der Waals surface area contributed by atoms with Crippen molar-refractivity contribution in [2.24, 2.45) is 0 Å². The van der Waals surface area contributed by atoms with E-state index in [2.05, 4.69) is 0 Å². The van der Waals surface area contributed by atoms with E-state index in [-0.39, 0.29) is 17.7 Å². The number of carboxylic acid groups (broad SMARTS) is 1. The molecular weight excluding hydrogens is 270 g/mol. The molecule has 0 saturated carbocycles. The van der Waals surface area contributed by atoms with Crippen molar-refractivity contribution in [3.05, 3.63) is 70.0 Å². The van der Waals surface area contributed by atoms with Gasteiger partial charge in [0.05, 0.1) is 12.1 Å². The van der Waals surface area contributed by atoms with Crippen LogP contribution in [0.15, 0.2) is 51.8 Å². The molecule has 5 heteroatoms. The number of carboxylic acids is 1. The maximum Gasteiger partial charge on any atom is 0.337 e. The zero-order chi connectivity index (χ0) is 15.0. The highest BCUT2D eigenvalue weighted by Gasteiger charge is 2.14. The van der Waals surface area contributed by atoms with E-state index in [9.17, 15) is 14.7 Å². The summed E-state index contributed by atoms with van der Waals surface area (Å²) in [6.45, 7) is 2.02. The van der Waals surface area contributed by atoms with Gasteiger partial charge in [0, 0.05) is 17.0 Å². The molecule has 0 atom stereocenters. The zero-order valence-electron chi connectivity index (χ0n) is 11.4. The van der Waals surface area contributed by atoms with Gasteiger partial charge in [0.2, 0.25) is 0 Å². The van der Waals surface area contributed by atoms with Crippen LogP contribution in [0.1, 0.15) is 21.9 Å². The number of aromatic carboxylic acids is 1. The van der Waals surface area contributed by atoms with Crippen molar-refractivity contribution in [1.82, 2.24) is 4.57 Å². The number of hydrogen-bond donors (Lipinski definition) is 1. The van der Waals surface area contributed by atoms with Crippen LogP contribution in [0.2, 0.25) is 0 Å². The molecule has 0 saturated heterocycles. The second-order valence-electron chi connectivity index (χ2n) is 4.84. The Morgan fingerprint density at radius 3 is 2.52 bits per heavy atom. The van der Waals surface area contributed by atoms with Gasteiger partial charge in [-0.3, -0.25) is 4.79 Å². The molecule has 0 spiro atoms. The number of carbonyl (C=O) groups is 1. The van der Waals surface area contributed by atoms with E-state index in [0.717, 1.165) is 5.76 Å². The van der Waals surface area contributed by atoms with Crippen molar-refractivity contribution >= 4 is 16.7 Å². The molecule has 0 bridgehead atoms. The number of rotatable bonds is 3. The molecule has 5 nitrogen and oxygen atoms in total. The third kappa shape index (κ3) is 2.33. The molecule has 0 amide bonds. The van der Waals surface area contributed by atoms with E-state index in [4.69, 9.17) is 4.42 Å². The van der Waals surface area contributed by atoms with Gasteiger partial charge in [-0.2, -0.15) is 0 Å². The van der Waals surface area contributed by atoms with E-state index >= 15 is 0 Å². The molecule has 1 N–H and O–H groups in total. The second kappa shape index (κ2) is 4.94. The third-order valence-electron chi connectivity index (χ3n) is 3.35. The lowest BCUT2D eigenvalue weighted by atomic mass is 10.1. The zero-order valence-corrected chi connectivity index (χ0v) is 11.4. The second-order valence-corrected chi connectivity index (χ2v) is 4.84. The van der Waals surface area contributed by atoms with Crippen LogP contribution in [-0.4, -0.2) is 15.6 Å². The molecule has 0 radical (unpaired) electrons. The number of benzene rings is 1. The van der Waals surface area contributed by atoms with Crippen LogP contribution in [0.4, 0.5) is 0 Å². The molecular formula is C16H13NO4. The third-order valence-corrected chi connectivity index (χ3v) is 3.35. The Hall–Kier alpha value is -2.82. The first kappa shape index (κ1) is 13.2. The quantitative estimate of drug-likeness (QED) is 0.802. The van der Waals surface area contributed by atoms with Crippen molar-refractivity contribution < 1.29 is 14.3 Å². The lowest BCUT2D eigenvalue weighted by Gasteiger charge is -2.08. The van der Waals surface area contributed by atoms with Crippen molar-refractivity contribution in [3.8, 4) is 0 Å². The van der Waals surface area contributed by atoms with Gasteiger partial charge in [0.1, 0.15) is 11.5 Å². The molecule has 3 rings (SSSR count). The monoisotopic (exact) mass is 283 g/mol. The van der Waals surface area contributed by atoms with Gasteiger partial charge in [-0.1, -0.05) is 18.2 Å². The molecule has 0 aliphatic carbocycles. The summed E-state index contributed by atoms with van der Waals surface area (Å²) in [6, 6.07) is 10.3. The van der Waals surface area contributed by atoms with Gasteiger partial charge in [0.25, 0.3) is 5.56 Å². The van der Waals surface area contributed by atoms with Crippen molar-refractivity contribution in [2.75, 3.05) is 0 Å². The average Bonchev–Trinajstić information content (AvgIpc) is 2.87. The van der Waals surface area contributed by atoms with Crippen molar-refractivity contribution in [2.45, 2.75) is 13.5 Å². The summed E-state index contributed by atoms with van der Waals surface area (Å²) >= 11 is 0. The number of nitrogens with zero attached hydrogens (tertiary/aromatic N) is 1. The summed E-state index contributed by atoms with van der Waals surface area (Å²) in [7, 11) is 0. The Morgan fingerprint density at radius 1 is 1.19 bits per heavy atom. The van der Waals surface area contributed by atoms with Gasteiger partial charge in [-0.15, -0.1) is 0 Å². The molecule has 0 fully saturated rings. The van der Waals surface area contributed by atoms with Crippen LogP contribution >= 0.6 is 0 Å². The van der Waals surface area contributed by atoms with Crippen molar-refractivity contribution in [3.63, 3.8) is 0 Å². The van der Waals surface area contributed by atoms with Crippen LogP contribution in [0.25, 0.3) is 10.8 Å². The number of fused-ring (bicyclic) bond motifs is 1. The molecule has 21 heavy (non-hydrogen) atoms. The highest BCUT2D eigenvalue weighted by molar-refractivity contribution is 6.02. The number of aromatic nitrogens is 1. The lowest BCUT2D eigenvalue weighted by Crippen LogP contribution is -2.22. The van der Waals surface area contributed by atoms with Crippen LogP contribution in [0.5, 0.6) is 0 Å². The van der Waals surface area contributed by atoms with E-state index in [0.29, 0.717) is 16.5 Å². The first-order valence-electron chi connectivity index (χ1n) is 6.47. The predicted molar refractivity (Wildman–Crippen MR) is 77.7 cm³/mol. The Balaban J connectivity index is 2.21. The molecule has 2 aromatic heterocycles. The first-order valence-corrected chi connectivity index (χ1v) is 6.47. The standard InChI is InChI=1S/C16H13NO4/c1-10-6-7-11(21-10)8-17-9-14(16(19)20)12-4-2-3-5-13(12)15(17)18/h2-7,9H,8H2,1H3,(H,19,20). The molecule has 3 aromatic rings. The summed E-state index contributed by atoms with van der Waals surface area (Å²) in [5.41, 5.74) is -0.127. The van der Waals surface area contributed by atoms with E-state index in [1.54, 1.807) is 36.4 Å². The lowest BCUT2D eigenvalue weighted by molar-refractivity contribution is 0.0698. The maximum absolute atomic E-state index is 12.4. The summed E-state index contributed by atoms with van der Waals surface area (Å²) in [6.07, 6.45) is 1.37. The van der Waals surface area contributed by atoms with Crippen molar-refractivity contribution in [1.29, 1.82) is 0 Å². The minimum Gasteiger partial charge on any atom is -0.478 e. The largest absolute Gasteiger partial charge is 0.478 e. The van der Waals surface area contributed by atoms with Crippen LogP contribution < -0.4 is 5.56 Å². The minimum absolute atomic E-state index is 0.105.